The minimum absolute atomic E-state index is 0.185. The van der Waals surface area contributed by atoms with Crippen LogP contribution < -0.4 is 10.6 Å². The van der Waals surface area contributed by atoms with Crippen LogP contribution in [0.4, 0.5) is 23.7 Å². The fourth-order valence-corrected chi connectivity index (χ4v) is 2.65. The third-order valence-corrected chi connectivity index (χ3v) is 3.49. The summed E-state index contributed by atoms with van der Waals surface area (Å²) in [5, 5.41) is 5.19. The molecule has 0 saturated carbocycles. The van der Waals surface area contributed by atoms with E-state index in [4.69, 9.17) is 4.74 Å². The quantitative estimate of drug-likeness (QED) is 0.762. The molecular formula is C12H11F3N2O2. The van der Waals surface area contributed by atoms with Crippen molar-refractivity contribution in [1.29, 1.82) is 0 Å². The van der Waals surface area contributed by atoms with Gasteiger partial charge in [-0.3, -0.25) is 5.32 Å². The third-order valence-electron chi connectivity index (χ3n) is 3.49. The average Bonchev–Trinajstić information content (AvgIpc) is 2.76. The largest absolute Gasteiger partial charge is 0.436 e. The topological polar surface area (TPSA) is 50.4 Å². The van der Waals surface area contributed by atoms with Crippen LogP contribution in [0.25, 0.3) is 0 Å². The maximum absolute atomic E-state index is 13.0. The normalized spacial score (nSPS) is 25.9. The van der Waals surface area contributed by atoms with E-state index < -0.39 is 23.4 Å². The number of alkyl halides is 3. The van der Waals surface area contributed by atoms with Crippen LogP contribution in [0, 0.1) is 0 Å². The predicted octanol–water partition coefficient (Wildman–Crippen LogP) is 2.46. The van der Waals surface area contributed by atoms with E-state index in [1.165, 1.54) is 6.07 Å². The molecule has 1 unspecified atom stereocenters. The third kappa shape index (κ3) is 1.85. The number of fused-ring (bicyclic) bond motifs is 2. The molecule has 1 saturated heterocycles. The number of para-hydroxylation sites is 1. The summed E-state index contributed by atoms with van der Waals surface area (Å²) in [6.45, 7) is 0.928. The summed E-state index contributed by atoms with van der Waals surface area (Å²) in [5.74, 6) is 0. The Balaban J connectivity index is 2.19. The molecule has 19 heavy (non-hydrogen) atoms. The smallest absolute Gasteiger partial charge is 0.418 e. The molecule has 1 fully saturated rings. The molecule has 0 aromatic heterocycles. The molecule has 4 nitrogen and oxygen atoms in total. The molecule has 2 aliphatic rings. The number of anilines is 1. The van der Waals surface area contributed by atoms with Gasteiger partial charge in [0.2, 0.25) is 0 Å². The Morgan fingerprint density at radius 1 is 1.32 bits per heavy atom. The van der Waals surface area contributed by atoms with Crippen LogP contribution in [-0.4, -0.2) is 19.2 Å². The molecule has 0 aliphatic carbocycles. The van der Waals surface area contributed by atoms with Crippen molar-refractivity contribution in [3.8, 4) is 0 Å². The number of benzene rings is 1. The number of hydrogen-bond acceptors (Lipinski definition) is 3. The van der Waals surface area contributed by atoms with Crippen LogP contribution in [0.3, 0.4) is 0 Å². The molecule has 2 N–H and O–H groups in total. The van der Waals surface area contributed by atoms with E-state index in [9.17, 15) is 18.0 Å². The molecule has 3 rings (SSSR count). The first-order valence-corrected chi connectivity index (χ1v) is 5.84. The number of carbonyl (C=O) groups is 1. The highest BCUT2D eigenvalue weighted by Crippen LogP contribution is 2.45. The monoisotopic (exact) mass is 272 g/mol. The van der Waals surface area contributed by atoms with Gasteiger partial charge in [-0.2, -0.15) is 13.2 Å². The van der Waals surface area contributed by atoms with Gasteiger partial charge in [0.15, 0.2) is 5.60 Å². The van der Waals surface area contributed by atoms with Crippen molar-refractivity contribution in [2.75, 3.05) is 18.4 Å². The second-order valence-corrected chi connectivity index (χ2v) is 4.66. The van der Waals surface area contributed by atoms with Gasteiger partial charge in [-0.15, -0.1) is 0 Å². The van der Waals surface area contributed by atoms with Gasteiger partial charge in [0, 0.05) is 18.5 Å². The maximum Gasteiger partial charge on any atom is 0.418 e. The second-order valence-electron chi connectivity index (χ2n) is 4.66. The van der Waals surface area contributed by atoms with Gasteiger partial charge in [0.05, 0.1) is 11.3 Å². The van der Waals surface area contributed by atoms with Gasteiger partial charge in [0.25, 0.3) is 0 Å². The highest BCUT2D eigenvalue weighted by atomic mass is 19.4. The van der Waals surface area contributed by atoms with E-state index >= 15 is 0 Å². The zero-order chi connectivity index (χ0) is 13.7. The van der Waals surface area contributed by atoms with Crippen LogP contribution in [0.15, 0.2) is 18.2 Å². The summed E-state index contributed by atoms with van der Waals surface area (Å²) >= 11 is 0. The predicted molar refractivity (Wildman–Crippen MR) is 60.7 cm³/mol. The first-order valence-electron chi connectivity index (χ1n) is 5.84. The summed E-state index contributed by atoms with van der Waals surface area (Å²) in [6, 6.07) is 3.86. The first-order chi connectivity index (χ1) is 8.92. The van der Waals surface area contributed by atoms with Gasteiger partial charge >= 0.3 is 12.3 Å². The summed E-state index contributed by atoms with van der Waals surface area (Å²) < 4.78 is 44.2. The van der Waals surface area contributed by atoms with Gasteiger partial charge in [-0.05, 0) is 12.6 Å². The van der Waals surface area contributed by atoms with E-state index in [1.807, 2.05) is 0 Å². The average molecular weight is 272 g/mol. The van der Waals surface area contributed by atoms with Crippen LogP contribution in [0.1, 0.15) is 17.5 Å². The Kier molecular flexibility index (Phi) is 2.50. The van der Waals surface area contributed by atoms with Crippen molar-refractivity contribution in [2.45, 2.75) is 18.2 Å². The van der Waals surface area contributed by atoms with E-state index in [0.29, 0.717) is 25.1 Å². The van der Waals surface area contributed by atoms with Crippen LogP contribution in [0.5, 0.6) is 0 Å². The Hall–Kier alpha value is -1.76. The van der Waals surface area contributed by atoms with Crippen LogP contribution >= 0.6 is 0 Å². The summed E-state index contributed by atoms with van der Waals surface area (Å²) in [5.41, 5.74) is -1.63. The lowest BCUT2D eigenvalue weighted by molar-refractivity contribution is -0.137. The SMILES string of the molecule is O=C1Nc2c(C(F)(F)F)cccc2C2(CCNC2)O1. The van der Waals surface area contributed by atoms with Gasteiger partial charge in [-0.1, -0.05) is 12.1 Å². The van der Waals surface area contributed by atoms with Crippen molar-refractivity contribution < 1.29 is 22.7 Å². The molecule has 7 heteroatoms. The Morgan fingerprint density at radius 3 is 2.74 bits per heavy atom. The Bertz CT molecular complexity index is 536. The van der Waals surface area contributed by atoms with E-state index in [-0.39, 0.29) is 5.69 Å². The van der Waals surface area contributed by atoms with Crippen molar-refractivity contribution in [3.05, 3.63) is 29.3 Å². The Labute approximate surface area is 106 Å². The van der Waals surface area contributed by atoms with Gasteiger partial charge < -0.3 is 10.1 Å². The summed E-state index contributed by atoms with van der Waals surface area (Å²) in [4.78, 5) is 11.5. The molecule has 0 radical (unpaired) electrons. The van der Waals surface area contributed by atoms with Crippen LogP contribution in [0.2, 0.25) is 0 Å². The maximum atomic E-state index is 13.0. The minimum Gasteiger partial charge on any atom is -0.436 e. The zero-order valence-corrected chi connectivity index (χ0v) is 9.80. The minimum atomic E-state index is -4.51. The highest BCUT2D eigenvalue weighted by Gasteiger charge is 2.47. The summed E-state index contributed by atoms with van der Waals surface area (Å²) in [7, 11) is 0. The molecule has 1 atom stereocenters. The van der Waals surface area contributed by atoms with Crippen molar-refractivity contribution in [1.82, 2.24) is 5.32 Å². The number of rotatable bonds is 0. The highest BCUT2D eigenvalue weighted by molar-refractivity contribution is 5.90. The van der Waals surface area contributed by atoms with Gasteiger partial charge in [0.1, 0.15) is 0 Å². The number of hydrogen-bond donors (Lipinski definition) is 2. The molecule has 1 aromatic carbocycles. The van der Waals surface area contributed by atoms with E-state index in [1.54, 1.807) is 6.07 Å². The molecule has 1 aromatic rings. The molecule has 0 bridgehead atoms. The molecular weight excluding hydrogens is 261 g/mol. The Morgan fingerprint density at radius 2 is 2.11 bits per heavy atom. The van der Waals surface area contributed by atoms with Crippen molar-refractivity contribution in [3.63, 3.8) is 0 Å². The number of halogens is 3. The van der Waals surface area contributed by atoms with Crippen LogP contribution in [-0.2, 0) is 16.5 Å². The van der Waals surface area contributed by atoms with Crippen molar-refractivity contribution >= 4 is 11.8 Å². The fourth-order valence-electron chi connectivity index (χ4n) is 2.65. The number of nitrogens with one attached hydrogen (secondary N) is 2. The lowest BCUT2D eigenvalue weighted by Crippen LogP contribution is -2.41. The fraction of sp³-hybridized carbons (Fsp3) is 0.417. The standard InChI is InChI=1S/C12H11F3N2O2/c13-12(14,15)8-3-1-2-7-9(8)17-10(18)19-11(7)4-5-16-6-11/h1-3,16H,4-6H2,(H,17,18). The molecule has 1 spiro atoms. The lowest BCUT2D eigenvalue weighted by atomic mass is 9.88. The molecule has 2 heterocycles. The first kappa shape index (κ1) is 12.3. The number of carbonyl (C=O) groups excluding carboxylic acids is 1. The summed E-state index contributed by atoms with van der Waals surface area (Å²) in [6.07, 6.45) is -4.88. The zero-order valence-electron chi connectivity index (χ0n) is 9.80. The van der Waals surface area contributed by atoms with Crippen molar-refractivity contribution in [2.24, 2.45) is 0 Å². The molecule has 1 amide bonds. The molecule has 2 aliphatic heterocycles. The molecule has 102 valence electrons. The van der Waals surface area contributed by atoms with E-state index in [2.05, 4.69) is 10.6 Å². The van der Waals surface area contributed by atoms with E-state index in [0.717, 1.165) is 6.07 Å². The number of ether oxygens (including phenoxy) is 1. The lowest BCUT2D eigenvalue weighted by Gasteiger charge is -2.35. The second kappa shape index (κ2) is 3.86. The van der Waals surface area contributed by atoms with Gasteiger partial charge in [-0.25, -0.2) is 4.79 Å². The number of amides is 1.